The van der Waals surface area contributed by atoms with Crippen LogP contribution in [0.25, 0.3) is 0 Å². The molecular formula is C31H46Br2Cl7F10PSi2. The maximum atomic E-state index is 13.1. The van der Waals surface area contributed by atoms with E-state index in [0.29, 0.717) is 0 Å². The third-order valence-corrected chi connectivity index (χ3v) is 17.7. The molecule has 0 spiro atoms. The van der Waals surface area contributed by atoms with Crippen LogP contribution in [0.15, 0.2) is 0 Å². The average Bonchev–Trinajstić information content (AvgIpc) is 3.07. The van der Waals surface area contributed by atoms with Crippen LogP contribution in [0.1, 0.15) is 97.6 Å². The van der Waals surface area contributed by atoms with Crippen LogP contribution < -0.4 is 0 Å². The first kappa shape index (κ1) is 61.3. The van der Waals surface area contributed by atoms with Crippen LogP contribution in [-0.2, 0) is 11.4 Å². The van der Waals surface area contributed by atoms with Crippen molar-refractivity contribution in [3.05, 3.63) is 69.3 Å². The zero-order chi connectivity index (χ0) is 40.4. The zero-order valence-corrected chi connectivity index (χ0v) is 40.3. The fourth-order valence-corrected chi connectivity index (χ4v) is 14.3. The standard InChI is InChI=1S/C16H36ClP.C7H2BrF5.C7H2Cl3F5Si.CH4.BrH.Cl3HSi/c1-5-9-13-18(17,14-10-6-2,15-11-7-3)16-12-8-4;8-1-2-3(9)5(11)7(13)6(12)4(2)10;8-16(9,10)1-2-3(11)5(13)7(15)6(14)4(2)12;;;1-4(2)3/h5-16H2,1-4H3;1H2;1H2;1H4;1H;4H. The molecule has 0 atom stereocenters. The molecule has 2 aromatic rings. The molecule has 0 saturated heterocycles. The predicted molar refractivity (Wildman–Crippen MR) is 226 cm³/mol. The van der Waals surface area contributed by atoms with Crippen LogP contribution in [0, 0.1) is 58.2 Å². The smallest absolute Gasteiger partial charge is 0.203 e. The van der Waals surface area contributed by atoms with Crippen LogP contribution in [-0.4, -0.2) is 37.4 Å². The Morgan fingerprint density at radius 1 is 0.509 bits per heavy atom. The van der Waals surface area contributed by atoms with Gasteiger partial charge in [-0.25, -0.2) is 43.9 Å². The van der Waals surface area contributed by atoms with Crippen LogP contribution in [0.4, 0.5) is 43.9 Å². The van der Waals surface area contributed by atoms with Gasteiger partial charge in [-0.15, -0.1) is 83.5 Å². The van der Waals surface area contributed by atoms with Crippen molar-refractivity contribution in [2.45, 2.75) is 97.9 Å². The van der Waals surface area contributed by atoms with Crippen LogP contribution in [0.2, 0.25) is 0 Å². The molecule has 0 aliphatic rings. The minimum absolute atomic E-state index is 0. The van der Waals surface area contributed by atoms with Crippen molar-refractivity contribution in [1.29, 1.82) is 0 Å². The molecule has 0 nitrogen and oxygen atoms in total. The molecule has 0 radical (unpaired) electrons. The van der Waals surface area contributed by atoms with Gasteiger partial charge in [0, 0.05) is 22.5 Å². The van der Waals surface area contributed by atoms with E-state index in [0.717, 1.165) is 0 Å². The average molecular weight is 1100 g/mol. The molecule has 53 heavy (non-hydrogen) atoms. The Labute approximate surface area is 362 Å². The molecule has 0 heterocycles. The van der Waals surface area contributed by atoms with Crippen molar-refractivity contribution in [3.8, 4) is 0 Å². The molecule has 0 aromatic heterocycles. The molecule has 0 bridgehead atoms. The van der Waals surface area contributed by atoms with Gasteiger partial charge in [0.15, 0.2) is 46.5 Å². The van der Waals surface area contributed by atoms with Gasteiger partial charge in [-0.05, 0) is 0 Å². The van der Waals surface area contributed by atoms with E-state index < -0.39 is 99.4 Å². The van der Waals surface area contributed by atoms with Crippen LogP contribution >= 0.6 is 117 Å². The van der Waals surface area contributed by atoms with Crippen molar-refractivity contribution in [2.24, 2.45) is 0 Å². The van der Waals surface area contributed by atoms with Crippen molar-refractivity contribution < 1.29 is 43.9 Å². The van der Waals surface area contributed by atoms with Crippen molar-refractivity contribution in [2.75, 3.05) is 24.6 Å². The second kappa shape index (κ2) is 29.7. The van der Waals surface area contributed by atoms with E-state index in [1.165, 1.54) is 76.0 Å². The SMILES string of the molecule is Br.C.CCCCP(Cl)(CCCC)(CCCC)CCCC.Cl[SiH](Cl)Cl.Fc1c(F)c(F)c(CBr)c(F)c1F.Fc1c(F)c(F)c(C[Si](Cl)(Cl)Cl)c(F)c1F. The van der Waals surface area contributed by atoms with Gasteiger partial charge in [0.05, 0.1) is 0 Å². The van der Waals surface area contributed by atoms with E-state index in [9.17, 15) is 43.9 Å². The summed E-state index contributed by atoms with van der Waals surface area (Å²) < 4.78 is 127. The number of benzene rings is 2. The monoisotopic (exact) mass is 1100 g/mol. The van der Waals surface area contributed by atoms with Crippen molar-refractivity contribution >= 4 is 129 Å². The summed E-state index contributed by atoms with van der Waals surface area (Å²) in [5.41, 5.74) is -1.96. The topological polar surface area (TPSA) is 0 Å². The molecule has 0 aliphatic heterocycles. The Hall–Kier alpha value is 1.59. The largest absolute Gasteiger partial charge is 0.345 e. The zero-order valence-electron chi connectivity index (χ0n) is 28.6. The first-order valence-electron chi connectivity index (χ1n) is 15.7. The first-order chi connectivity index (χ1) is 23.4. The third kappa shape index (κ3) is 22.0. The first-order valence-corrected chi connectivity index (χ1v) is 31.2. The van der Waals surface area contributed by atoms with Gasteiger partial charge in [-0.1, -0.05) is 23.4 Å². The second-order valence-corrected chi connectivity index (χ2v) is 35.8. The molecule has 2 aromatic carbocycles. The van der Waals surface area contributed by atoms with Crippen LogP contribution in [0.3, 0.4) is 0 Å². The molecule has 0 unspecified atom stereocenters. The Morgan fingerprint density at radius 2 is 0.717 bits per heavy atom. The molecule has 0 fully saturated rings. The van der Waals surface area contributed by atoms with Crippen molar-refractivity contribution in [3.63, 3.8) is 0 Å². The fraction of sp³-hybridized carbons (Fsp3) is 0.613. The van der Waals surface area contributed by atoms with Gasteiger partial charge in [0.1, 0.15) is 0 Å². The van der Waals surface area contributed by atoms with Gasteiger partial charge >= 0.3 is 134 Å². The summed E-state index contributed by atoms with van der Waals surface area (Å²) in [7, 11) is 0. The predicted octanol–water partition coefficient (Wildman–Crippen LogP) is 16.9. The van der Waals surface area contributed by atoms with Gasteiger partial charge < -0.3 is 0 Å². The summed E-state index contributed by atoms with van der Waals surface area (Å²) in [6.45, 7) is 7.49. The summed E-state index contributed by atoms with van der Waals surface area (Å²) in [4.78, 5) is 0. The molecule has 0 amide bonds. The van der Waals surface area contributed by atoms with E-state index in [4.69, 9.17) is 77.7 Å². The van der Waals surface area contributed by atoms with E-state index in [1.54, 1.807) is 0 Å². The summed E-state index contributed by atoms with van der Waals surface area (Å²) in [5, 5.41) is -0.432. The number of alkyl halides is 1. The Kier molecular flexibility index (Phi) is 34.4. The molecule has 2 rings (SSSR count). The number of halogens is 19. The van der Waals surface area contributed by atoms with Crippen molar-refractivity contribution in [1.82, 2.24) is 0 Å². The van der Waals surface area contributed by atoms with Gasteiger partial charge in [0.2, 0.25) is 11.6 Å². The van der Waals surface area contributed by atoms with E-state index in [-0.39, 0.29) is 24.4 Å². The molecule has 316 valence electrons. The summed E-state index contributed by atoms with van der Waals surface area (Å²) in [5.74, 6) is -21.7. The summed E-state index contributed by atoms with van der Waals surface area (Å²) in [6, 6.07) is -4.33. The Balaban J connectivity index is -0.000000320. The van der Waals surface area contributed by atoms with Crippen LogP contribution in [0.5, 0.6) is 0 Å². The Bertz CT molecular complexity index is 1260. The van der Waals surface area contributed by atoms with E-state index >= 15 is 0 Å². The van der Waals surface area contributed by atoms with Gasteiger partial charge in [-0.2, -0.15) is 0 Å². The van der Waals surface area contributed by atoms with Gasteiger partial charge in [-0.3, -0.25) is 0 Å². The fourth-order valence-electron chi connectivity index (χ4n) is 4.66. The maximum absolute atomic E-state index is 13.1. The minimum atomic E-state index is -3.54. The minimum Gasteiger partial charge on any atom is -0.203 e. The molecular weight excluding hydrogens is 1060 g/mol. The molecule has 0 aliphatic carbocycles. The summed E-state index contributed by atoms with van der Waals surface area (Å²) in [6.07, 6.45) is 16.0. The number of rotatable bonds is 15. The number of unbranched alkanes of at least 4 members (excludes halogenated alkanes) is 4. The normalized spacial score (nSPS) is 11.8. The number of hydrogen-bond donors (Lipinski definition) is 0. The molecule has 22 heteroatoms. The quantitative estimate of drug-likeness (QED) is 0.0317. The summed E-state index contributed by atoms with van der Waals surface area (Å²) >= 11 is 41.0. The molecule has 0 saturated carbocycles. The second-order valence-electron chi connectivity index (χ2n) is 11.4. The maximum Gasteiger partial charge on any atom is 0.345 e. The number of hydrogen-bond acceptors (Lipinski definition) is 0. The van der Waals surface area contributed by atoms with E-state index in [1.807, 2.05) is 0 Å². The van der Waals surface area contributed by atoms with E-state index in [2.05, 4.69) is 43.6 Å². The van der Waals surface area contributed by atoms with Gasteiger partial charge in [0.25, 0.3) is 0 Å². The Morgan fingerprint density at radius 3 is 0.906 bits per heavy atom. The molecule has 0 N–H and O–H groups in total. The third-order valence-electron chi connectivity index (χ3n) is 7.39.